The van der Waals surface area contributed by atoms with Gasteiger partial charge in [0.25, 0.3) is 0 Å². The first-order valence-electron chi connectivity index (χ1n) is 4.74. The molecule has 1 aliphatic heterocycles. The molecule has 0 saturated carbocycles. The van der Waals surface area contributed by atoms with Crippen LogP contribution in [0.5, 0.6) is 0 Å². The molecule has 84 valence electrons. The van der Waals surface area contributed by atoms with Crippen molar-refractivity contribution in [2.75, 3.05) is 5.33 Å². The zero-order chi connectivity index (χ0) is 10.9. The third kappa shape index (κ3) is 2.28. The summed E-state index contributed by atoms with van der Waals surface area (Å²) >= 11 is 3.20. The first-order chi connectivity index (χ1) is 6.49. The number of halogens is 1. The molecule has 3 N–H and O–H groups in total. The van der Waals surface area contributed by atoms with Crippen molar-refractivity contribution in [1.29, 1.82) is 0 Å². The maximum Gasteiger partial charge on any atom is 0.111 e. The normalized spacial score (nSPS) is 44.4. The second kappa shape index (κ2) is 4.90. The number of ether oxygens (including phenoxy) is 1. The molecule has 0 aromatic carbocycles. The zero-order valence-electron chi connectivity index (χ0n) is 8.30. The number of alkyl halides is 1. The molecule has 1 fully saturated rings. The molecule has 0 radical (unpaired) electrons. The van der Waals surface area contributed by atoms with Crippen LogP contribution in [0.4, 0.5) is 0 Å². The van der Waals surface area contributed by atoms with Gasteiger partial charge in [-0.25, -0.2) is 0 Å². The van der Waals surface area contributed by atoms with Gasteiger partial charge in [0.1, 0.15) is 18.3 Å². The number of hydrogen-bond acceptors (Lipinski definition) is 4. The van der Waals surface area contributed by atoms with Gasteiger partial charge in [-0.2, -0.15) is 0 Å². The summed E-state index contributed by atoms with van der Waals surface area (Å²) in [5, 5.41) is 29.2. The predicted octanol–water partition coefficient (Wildman–Crippen LogP) is -0.113. The van der Waals surface area contributed by atoms with Gasteiger partial charge >= 0.3 is 0 Å². The van der Waals surface area contributed by atoms with Gasteiger partial charge in [0.05, 0.1) is 12.2 Å². The number of aliphatic hydroxyl groups excluding tert-OH is 3. The Morgan fingerprint density at radius 1 is 1.14 bits per heavy atom. The van der Waals surface area contributed by atoms with Gasteiger partial charge in [0.15, 0.2) is 0 Å². The van der Waals surface area contributed by atoms with Crippen molar-refractivity contribution in [2.45, 2.75) is 44.4 Å². The predicted molar refractivity (Wildman–Crippen MR) is 55.3 cm³/mol. The molecule has 0 aromatic heterocycles. The minimum Gasteiger partial charge on any atom is -0.388 e. The minimum absolute atomic E-state index is 0.105. The van der Waals surface area contributed by atoms with E-state index in [-0.39, 0.29) is 5.92 Å². The fraction of sp³-hybridized carbons (Fsp3) is 1.00. The summed E-state index contributed by atoms with van der Waals surface area (Å²) in [5.41, 5.74) is 0. The van der Waals surface area contributed by atoms with E-state index >= 15 is 0 Å². The van der Waals surface area contributed by atoms with Crippen molar-refractivity contribution >= 4 is 15.9 Å². The van der Waals surface area contributed by atoms with Crippen molar-refractivity contribution in [3.05, 3.63) is 0 Å². The average Bonchev–Trinajstić information content (AvgIpc) is 2.14. The van der Waals surface area contributed by atoms with Crippen LogP contribution in [0, 0.1) is 5.92 Å². The zero-order valence-corrected chi connectivity index (χ0v) is 9.89. The van der Waals surface area contributed by atoms with E-state index in [2.05, 4.69) is 15.9 Å². The Balaban J connectivity index is 2.73. The van der Waals surface area contributed by atoms with Crippen LogP contribution >= 0.6 is 15.9 Å². The molecule has 5 atom stereocenters. The Morgan fingerprint density at radius 2 is 1.71 bits per heavy atom. The van der Waals surface area contributed by atoms with Gasteiger partial charge in [0.2, 0.25) is 0 Å². The summed E-state index contributed by atoms with van der Waals surface area (Å²) in [4.78, 5) is 0. The van der Waals surface area contributed by atoms with E-state index in [4.69, 9.17) is 4.74 Å². The van der Waals surface area contributed by atoms with Gasteiger partial charge in [0, 0.05) is 5.33 Å². The van der Waals surface area contributed by atoms with Gasteiger partial charge in [-0.05, 0) is 5.92 Å². The van der Waals surface area contributed by atoms with Crippen LogP contribution in [-0.4, -0.2) is 51.2 Å². The maximum absolute atomic E-state index is 9.64. The highest BCUT2D eigenvalue weighted by Crippen LogP contribution is 2.26. The maximum atomic E-state index is 9.64. The lowest BCUT2D eigenvalue weighted by atomic mass is 9.90. The first kappa shape index (κ1) is 12.4. The van der Waals surface area contributed by atoms with Crippen molar-refractivity contribution in [1.82, 2.24) is 0 Å². The number of rotatable bonds is 2. The second-order valence-electron chi connectivity index (χ2n) is 4.01. The lowest BCUT2D eigenvalue weighted by Crippen LogP contribution is -2.59. The molecule has 3 unspecified atom stereocenters. The first-order valence-corrected chi connectivity index (χ1v) is 5.86. The molecule has 1 rings (SSSR count). The van der Waals surface area contributed by atoms with Gasteiger partial charge in [-0.3, -0.25) is 0 Å². The molecule has 0 aliphatic carbocycles. The standard InChI is InChI=1S/C9H17BrO4/c1-4(2)9-8(13)7(12)6(11)5(3-10)14-9/h4-9,11-13H,3H2,1-2H3/t5?,6-,7?,8?,9-/m0/s1. The van der Waals surface area contributed by atoms with Crippen molar-refractivity contribution in [2.24, 2.45) is 5.92 Å². The van der Waals surface area contributed by atoms with Crippen LogP contribution in [0.1, 0.15) is 13.8 Å². The largest absolute Gasteiger partial charge is 0.388 e. The highest BCUT2D eigenvalue weighted by molar-refractivity contribution is 9.09. The SMILES string of the molecule is CC(C)[C@@H]1OC(CBr)[C@H](O)C(O)C1O. The van der Waals surface area contributed by atoms with Crippen LogP contribution in [0.15, 0.2) is 0 Å². The van der Waals surface area contributed by atoms with Crippen molar-refractivity contribution in [3.8, 4) is 0 Å². The van der Waals surface area contributed by atoms with E-state index < -0.39 is 30.5 Å². The van der Waals surface area contributed by atoms with Gasteiger partial charge in [-0.15, -0.1) is 0 Å². The molecular weight excluding hydrogens is 252 g/mol. The third-order valence-corrected chi connectivity index (χ3v) is 3.20. The van der Waals surface area contributed by atoms with Gasteiger partial charge in [-0.1, -0.05) is 29.8 Å². The minimum atomic E-state index is -1.13. The van der Waals surface area contributed by atoms with Crippen molar-refractivity contribution < 1.29 is 20.1 Å². The van der Waals surface area contributed by atoms with Crippen LogP contribution < -0.4 is 0 Å². The van der Waals surface area contributed by atoms with Crippen LogP contribution in [0.25, 0.3) is 0 Å². The summed E-state index contributed by atoms with van der Waals surface area (Å²) in [5.74, 6) is 0.105. The molecule has 0 bridgehead atoms. The molecule has 14 heavy (non-hydrogen) atoms. The van der Waals surface area contributed by atoms with Crippen molar-refractivity contribution in [3.63, 3.8) is 0 Å². The van der Waals surface area contributed by atoms with Crippen LogP contribution in [-0.2, 0) is 4.74 Å². The molecule has 1 aliphatic rings. The van der Waals surface area contributed by atoms with Crippen LogP contribution in [0.2, 0.25) is 0 Å². The molecule has 0 aromatic rings. The molecular formula is C9H17BrO4. The molecule has 4 nitrogen and oxygen atoms in total. The molecule has 5 heteroatoms. The summed E-state index contributed by atoms with van der Waals surface area (Å²) < 4.78 is 5.49. The lowest BCUT2D eigenvalue weighted by Gasteiger charge is -2.41. The Morgan fingerprint density at radius 3 is 2.14 bits per heavy atom. The van der Waals surface area contributed by atoms with E-state index in [1.54, 1.807) is 0 Å². The molecule has 1 saturated heterocycles. The Bertz CT molecular complexity index is 186. The van der Waals surface area contributed by atoms with E-state index in [9.17, 15) is 15.3 Å². The van der Waals surface area contributed by atoms with E-state index in [0.717, 1.165) is 0 Å². The summed E-state index contributed by atoms with van der Waals surface area (Å²) in [7, 11) is 0. The molecule has 0 amide bonds. The number of hydrogen-bond donors (Lipinski definition) is 3. The van der Waals surface area contributed by atoms with E-state index in [0.29, 0.717) is 5.33 Å². The highest BCUT2D eigenvalue weighted by Gasteiger charge is 2.43. The second-order valence-corrected chi connectivity index (χ2v) is 4.66. The fourth-order valence-electron chi connectivity index (χ4n) is 1.66. The topological polar surface area (TPSA) is 69.9 Å². The monoisotopic (exact) mass is 268 g/mol. The van der Waals surface area contributed by atoms with Crippen LogP contribution in [0.3, 0.4) is 0 Å². The Hall–Kier alpha value is 0.320. The molecule has 1 heterocycles. The van der Waals surface area contributed by atoms with E-state index in [1.165, 1.54) is 0 Å². The smallest absolute Gasteiger partial charge is 0.111 e. The van der Waals surface area contributed by atoms with Gasteiger partial charge < -0.3 is 20.1 Å². The highest BCUT2D eigenvalue weighted by atomic mass is 79.9. The quantitative estimate of drug-likeness (QED) is 0.612. The summed E-state index contributed by atoms with van der Waals surface area (Å²) in [6.07, 6.45) is -4.05. The fourth-order valence-corrected chi connectivity index (χ4v) is 2.19. The summed E-state index contributed by atoms with van der Waals surface area (Å²) in [6.45, 7) is 3.81. The third-order valence-electron chi connectivity index (χ3n) is 2.56. The summed E-state index contributed by atoms with van der Waals surface area (Å²) in [6, 6.07) is 0. The molecule has 0 spiro atoms. The van der Waals surface area contributed by atoms with E-state index in [1.807, 2.05) is 13.8 Å². The Labute approximate surface area is 92.0 Å². The lowest BCUT2D eigenvalue weighted by molar-refractivity contribution is -0.225. The average molecular weight is 269 g/mol. The number of aliphatic hydroxyl groups is 3. The Kier molecular flexibility index (Phi) is 4.33.